The van der Waals surface area contributed by atoms with Gasteiger partial charge in [0.05, 0.1) is 11.0 Å². The van der Waals surface area contributed by atoms with Crippen LogP contribution in [0.3, 0.4) is 0 Å². The maximum Gasteiger partial charge on any atom is 0.139 e. The van der Waals surface area contributed by atoms with Crippen molar-refractivity contribution in [3.05, 3.63) is 29.6 Å². The molecule has 1 aromatic heterocycles. The van der Waals surface area contributed by atoms with Gasteiger partial charge in [-0.2, -0.15) is 0 Å². The molecule has 1 aliphatic rings. The molecule has 1 unspecified atom stereocenters. The lowest BCUT2D eigenvalue weighted by Gasteiger charge is -2.23. The number of rotatable bonds is 5. The van der Waals surface area contributed by atoms with Crippen LogP contribution in [0.4, 0.5) is 0 Å². The number of imidazole rings is 1. The van der Waals surface area contributed by atoms with Gasteiger partial charge in [0.1, 0.15) is 11.6 Å². The van der Waals surface area contributed by atoms with Crippen LogP contribution in [0, 0.1) is 11.8 Å². The largest absolute Gasteiger partial charge is 0.381 e. The summed E-state index contributed by atoms with van der Waals surface area (Å²) < 4.78 is 5.35. The molecular formula is C19H26N2O2. The van der Waals surface area contributed by atoms with Crippen LogP contribution in [0.25, 0.3) is 11.0 Å². The fourth-order valence-electron chi connectivity index (χ4n) is 3.32. The molecule has 1 aliphatic heterocycles. The Morgan fingerprint density at radius 3 is 2.74 bits per heavy atom. The lowest BCUT2D eigenvalue weighted by molar-refractivity contribution is -0.129. The number of carbonyl (C=O) groups is 1. The second-order valence-electron chi connectivity index (χ2n) is 7.02. The van der Waals surface area contributed by atoms with E-state index in [9.17, 15) is 4.79 Å². The predicted molar refractivity (Wildman–Crippen MR) is 91.6 cm³/mol. The lowest BCUT2D eigenvalue weighted by atomic mass is 9.85. The van der Waals surface area contributed by atoms with Gasteiger partial charge in [0, 0.05) is 31.0 Å². The monoisotopic (exact) mass is 314 g/mol. The third-order valence-corrected chi connectivity index (χ3v) is 4.76. The summed E-state index contributed by atoms with van der Waals surface area (Å²) in [5, 5.41) is 0. The van der Waals surface area contributed by atoms with E-state index in [2.05, 4.69) is 48.9 Å². The number of fused-ring (bicyclic) bond motifs is 1. The number of hydrogen-bond donors (Lipinski definition) is 1. The first-order chi connectivity index (χ1) is 11.0. The minimum atomic E-state index is 0.0584. The van der Waals surface area contributed by atoms with E-state index in [0.717, 1.165) is 49.3 Å². The summed E-state index contributed by atoms with van der Waals surface area (Å²) in [5.41, 5.74) is 3.27. The van der Waals surface area contributed by atoms with E-state index in [1.54, 1.807) is 0 Å². The lowest BCUT2D eigenvalue weighted by Crippen LogP contribution is -2.28. The number of nitrogens with one attached hydrogen (secondary N) is 1. The fourth-order valence-corrected chi connectivity index (χ4v) is 3.32. The highest BCUT2D eigenvalue weighted by Gasteiger charge is 2.26. The second kappa shape index (κ2) is 6.83. The Morgan fingerprint density at radius 2 is 2.04 bits per heavy atom. The number of nitrogens with zero attached hydrogens (tertiary/aromatic N) is 1. The zero-order chi connectivity index (χ0) is 16.4. The Labute approximate surface area is 137 Å². The minimum Gasteiger partial charge on any atom is -0.381 e. The average Bonchev–Trinajstić information content (AvgIpc) is 2.98. The van der Waals surface area contributed by atoms with Gasteiger partial charge in [0.25, 0.3) is 0 Å². The SMILES string of the molecule is CC(Cc1ccc2nc(C(C)C)[nH]c2c1)C(=O)C1CCOCC1. The molecule has 0 spiro atoms. The van der Waals surface area contributed by atoms with Crippen molar-refractivity contribution in [1.29, 1.82) is 0 Å². The van der Waals surface area contributed by atoms with Crippen molar-refractivity contribution >= 4 is 16.8 Å². The molecule has 2 heterocycles. The van der Waals surface area contributed by atoms with Crippen LogP contribution in [0.2, 0.25) is 0 Å². The highest BCUT2D eigenvalue weighted by molar-refractivity contribution is 5.83. The molecule has 0 saturated carbocycles. The Morgan fingerprint density at radius 1 is 1.30 bits per heavy atom. The van der Waals surface area contributed by atoms with Gasteiger partial charge in [-0.3, -0.25) is 4.79 Å². The van der Waals surface area contributed by atoms with E-state index in [1.807, 2.05) is 0 Å². The summed E-state index contributed by atoms with van der Waals surface area (Å²) in [6.07, 6.45) is 2.54. The number of benzene rings is 1. The molecule has 23 heavy (non-hydrogen) atoms. The Balaban J connectivity index is 1.71. The van der Waals surface area contributed by atoms with E-state index in [-0.39, 0.29) is 11.8 Å². The number of ketones is 1. The van der Waals surface area contributed by atoms with Crippen LogP contribution in [-0.2, 0) is 16.0 Å². The molecule has 0 amide bonds. The van der Waals surface area contributed by atoms with Gasteiger partial charge in [-0.25, -0.2) is 4.98 Å². The Kier molecular flexibility index (Phi) is 4.81. The third kappa shape index (κ3) is 3.63. The summed E-state index contributed by atoms with van der Waals surface area (Å²) in [4.78, 5) is 20.6. The van der Waals surface area contributed by atoms with E-state index in [0.29, 0.717) is 11.7 Å². The molecule has 4 nitrogen and oxygen atoms in total. The van der Waals surface area contributed by atoms with Gasteiger partial charge in [0.2, 0.25) is 0 Å². The van der Waals surface area contributed by atoms with E-state index in [1.165, 1.54) is 5.56 Å². The summed E-state index contributed by atoms with van der Waals surface area (Å²) in [6.45, 7) is 7.76. The van der Waals surface area contributed by atoms with Gasteiger partial charge in [-0.15, -0.1) is 0 Å². The van der Waals surface area contributed by atoms with Gasteiger partial charge in [0.15, 0.2) is 0 Å². The molecule has 4 heteroatoms. The summed E-state index contributed by atoms with van der Waals surface area (Å²) in [6, 6.07) is 6.29. The van der Waals surface area contributed by atoms with Crippen molar-refractivity contribution < 1.29 is 9.53 Å². The van der Waals surface area contributed by atoms with E-state index in [4.69, 9.17) is 4.74 Å². The van der Waals surface area contributed by atoms with Gasteiger partial charge >= 0.3 is 0 Å². The molecule has 0 aliphatic carbocycles. The van der Waals surface area contributed by atoms with Crippen LogP contribution < -0.4 is 0 Å². The molecule has 1 fully saturated rings. The number of ether oxygens (including phenoxy) is 1. The van der Waals surface area contributed by atoms with Crippen molar-refractivity contribution in [2.24, 2.45) is 11.8 Å². The average molecular weight is 314 g/mol. The molecule has 1 N–H and O–H groups in total. The summed E-state index contributed by atoms with van der Waals surface area (Å²) >= 11 is 0. The maximum absolute atomic E-state index is 12.6. The van der Waals surface area contributed by atoms with Crippen LogP contribution >= 0.6 is 0 Å². The number of carbonyl (C=O) groups excluding carboxylic acids is 1. The third-order valence-electron chi connectivity index (χ3n) is 4.76. The molecule has 1 atom stereocenters. The molecule has 0 radical (unpaired) electrons. The summed E-state index contributed by atoms with van der Waals surface area (Å²) in [5.74, 6) is 2.04. The number of hydrogen-bond acceptors (Lipinski definition) is 3. The highest BCUT2D eigenvalue weighted by Crippen LogP contribution is 2.24. The summed E-state index contributed by atoms with van der Waals surface area (Å²) in [7, 11) is 0. The smallest absolute Gasteiger partial charge is 0.139 e. The van der Waals surface area contributed by atoms with Crippen LogP contribution in [0.5, 0.6) is 0 Å². The van der Waals surface area contributed by atoms with Gasteiger partial charge in [-0.05, 0) is 37.0 Å². The molecule has 1 aromatic carbocycles. The number of aromatic nitrogens is 2. The zero-order valence-corrected chi connectivity index (χ0v) is 14.3. The van der Waals surface area contributed by atoms with Gasteiger partial charge < -0.3 is 9.72 Å². The fraction of sp³-hybridized carbons (Fsp3) is 0.579. The maximum atomic E-state index is 12.6. The topological polar surface area (TPSA) is 55.0 Å². The predicted octanol–water partition coefficient (Wildman–Crippen LogP) is 3.86. The number of H-pyrrole nitrogens is 1. The van der Waals surface area contributed by atoms with Crippen LogP contribution in [0.15, 0.2) is 18.2 Å². The quantitative estimate of drug-likeness (QED) is 0.911. The zero-order valence-electron chi connectivity index (χ0n) is 14.3. The van der Waals surface area contributed by atoms with Crippen LogP contribution in [-0.4, -0.2) is 29.0 Å². The van der Waals surface area contributed by atoms with Crippen molar-refractivity contribution in [3.8, 4) is 0 Å². The molecule has 3 rings (SSSR count). The normalized spacial score (nSPS) is 17.7. The first kappa shape index (κ1) is 16.2. The first-order valence-electron chi connectivity index (χ1n) is 8.64. The van der Waals surface area contributed by atoms with Crippen molar-refractivity contribution in [1.82, 2.24) is 9.97 Å². The minimum absolute atomic E-state index is 0.0584. The molecule has 124 valence electrons. The number of aromatic amines is 1. The van der Waals surface area contributed by atoms with Crippen molar-refractivity contribution in [3.63, 3.8) is 0 Å². The van der Waals surface area contributed by atoms with Crippen molar-refractivity contribution in [2.75, 3.05) is 13.2 Å². The van der Waals surface area contributed by atoms with E-state index >= 15 is 0 Å². The standard InChI is InChI=1S/C19H26N2O2/c1-12(2)19-20-16-5-4-14(11-17(16)21-19)10-13(3)18(22)15-6-8-23-9-7-15/h4-5,11-13,15H,6-10H2,1-3H3,(H,20,21). The molecule has 2 aromatic rings. The molecular weight excluding hydrogens is 288 g/mol. The van der Waals surface area contributed by atoms with Gasteiger partial charge in [-0.1, -0.05) is 26.8 Å². The Hall–Kier alpha value is -1.68. The number of Topliss-reactive ketones (excluding diaryl/α,β-unsaturated/α-hetero) is 1. The second-order valence-corrected chi connectivity index (χ2v) is 7.02. The van der Waals surface area contributed by atoms with E-state index < -0.39 is 0 Å². The van der Waals surface area contributed by atoms with Crippen LogP contribution in [0.1, 0.15) is 50.9 Å². The first-order valence-corrected chi connectivity index (χ1v) is 8.64. The highest BCUT2D eigenvalue weighted by atomic mass is 16.5. The van der Waals surface area contributed by atoms with Crippen molar-refractivity contribution in [2.45, 2.75) is 46.0 Å². The Bertz CT molecular complexity index is 684. The molecule has 1 saturated heterocycles. The molecule has 0 bridgehead atoms.